The Morgan fingerprint density at radius 2 is 2.06 bits per heavy atom. The number of carbonyl (C=O) groups excluding carboxylic acids is 1. The fraction of sp³-hybridized carbons (Fsp3) is 0.923. The van der Waals surface area contributed by atoms with Crippen molar-refractivity contribution in [3.05, 3.63) is 0 Å². The van der Waals surface area contributed by atoms with Gasteiger partial charge in [-0.2, -0.15) is 0 Å². The van der Waals surface area contributed by atoms with Gasteiger partial charge in [-0.1, -0.05) is 0 Å². The van der Waals surface area contributed by atoms with Crippen LogP contribution in [-0.4, -0.2) is 48.3 Å². The Morgan fingerprint density at radius 1 is 1.50 bits per heavy atom. The number of nitrogens with one attached hydrogen (secondary N) is 1. The minimum atomic E-state index is -0.468. The van der Waals surface area contributed by atoms with Crippen molar-refractivity contribution >= 4 is 6.09 Å². The van der Waals surface area contributed by atoms with E-state index in [2.05, 4.69) is 17.3 Å². The second-order valence-corrected chi connectivity index (χ2v) is 6.13. The molecule has 106 valence electrons. The molecule has 0 aromatic heterocycles. The summed E-state index contributed by atoms with van der Waals surface area (Å²) in [5.41, 5.74) is 5.34. The van der Waals surface area contributed by atoms with Crippen molar-refractivity contribution in [3.63, 3.8) is 0 Å². The van der Waals surface area contributed by atoms with Gasteiger partial charge in [0.05, 0.1) is 0 Å². The van der Waals surface area contributed by atoms with E-state index in [9.17, 15) is 4.79 Å². The van der Waals surface area contributed by atoms with Gasteiger partial charge in [0.1, 0.15) is 5.60 Å². The van der Waals surface area contributed by atoms with Gasteiger partial charge in [0, 0.05) is 24.7 Å². The first-order valence-electron chi connectivity index (χ1n) is 6.66. The Morgan fingerprint density at radius 3 is 2.44 bits per heavy atom. The third-order valence-corrected chi connectivity index (χ3v) is 3.21. The van der Waals surface area contributed by atoms with Gasteiger partial charge < -0.3 is 15.8 Å². The molecule has 0 saturated heterocycles. The largest absolute Gasteiger partial charge is 0.444 e. The Hall–Kier alpha value is -0.810. The predicted molar refractivity (Wildman–Crippen MR) is 72.5 cm³/mol. The van der Waals surface area contributed by atoms with Crippen LogP contribution in [0.15, 0.2) is 0 Å². The molecule has 0 aliphatic heterocycles. The molecule has 1 saturated carbocycles. The summed E-state index contributed by atoms with van der Waals surface area (Å²) >= 11 is 0. The van der Waals surface area contributed by atoms with E-state index >= 15 is 0 Å². The number of amides is 1. The fourth-order valence-corrected chi connectivity index (χ4v) is 2.07. The lowest BCUT2D eigenvalue weighted by Crippen LogP contribution is -2.53. The van der Waals surface area contributed by atoms with E-state index in [-0.39, 0.29) is 18.2 Å². The molecule has 5 heteroatoms. The first-order valence-corrected chi connectivity index (χ1v) is 6.66. The van der Waals surface area contributed by atoms with Crippen LogP contribution in [0.5, 0.6) is 0 Å². The number of nitrogens with zero attached hydrogens (tertiary/aromatic N) is 1. The number of alkyl carbamates (subject to hydrolysis) is 1. The number of nitrogens with two attached hydrogens (primary N) is 1. The fourth-order valence-electron chi connectivity index (χ4n) is 2.07. The van der Waals surface area contributed by atoms with Crippen LogP contribution in [0.3, 0.4) is 0 Å². The highest BCUT2D eigenvalue weighted by Crippen LogP contribution is 2.27. The summed E-state index contributed by atoms with van der Waals surface area (Å²) in [6.07, 6.45) is 2.08. The third-order valence-electron chi connectivity index (χ3n) is 3.21. The monoisotopic (exact) mass is 257 g/mol. The molecule has 1 aliphatic carbocycles. The summed E-state index contributed by atoms with van der Waals surface area (Å²) in [4.78, 5) is 14.0. The summed E-state index contributed by atoms with van der Waals surface area (Å²) in [6.45, 7) is 8.07. The maximum Gasteiger partial charge on any atom is 0.407 e. The van der Waals surface area contributed by atoms with Crippen molar-refractivity contribution in [1.29, 1.82) is 0 Å². The predicted octanol–water partition coefficient (Wildman–Crippen LogP) is 1.32. The summed E-state index contributed by atoms with van der Waals surface area (Å²) < 4.78 is 5.25. The number of carbonyl (C=O) groups is 1. The molecule has 1 fully saturated rings. The zero-order valence-corrected chi connectivity index (χ0v) is 12.2. The average molecular weight is 257 g/mol. The second-order valence-electron chi connectivity index (χ2n) is 6.13. The van der Waals surface area contributed by atoms with E-state index < -0.39 is 5.60 Å². The van der Waals surface area contributed by atoms with E-state index in [1.165, 1.54) is 12.8 Å². The SMILES string of the molecule is CC(NC(=O)OC(C)(C)C)C(CN)N(C)C1CC1. The average Bonchev–Trinajstić information content (AvgIpc) is 2.97. The van der Waals surface area contributed by atoms with Gasteiger partial charge in [0.25, 0.3) is 0 Å². The van der Waals surface area contributed by atoms with Crippen LogP contribution >= 0.6 is 0 Å². The third kappa shape index (κ3) is 4.82. The second kappa shape index (κ2) is 5.89. The van der Waals surface area contributed by atoms with Crippen LogP contribution < -0.4 is 11.1 Å². The highest BCUT2D eigenvalue weighted by molar-refractivity contribution is 5.68. The van der Waals surface area contributed by atoms with E-state index in [4.69, 9.17) is 10.5 Å². The number of hydrogen-bond acceptors (Lipinski definition) is 4. The first kappa shape index (κ1) is 15.2. The Kier molecular flexibility index (Phi) is 4.99. The summed E-state index contributed by atoms with van der Waals surface area (Å²) in [5, 5.41) is 2.87. The Balaban J connectivity index is 2.46. The molecule has 0 radical (unpaired) electrons. The number of ether oxygens (including phenoxy) is 1. The van der Waals surface area contributed by atoms with Crippen LogP contribution in [0.1, 0.15) is 40.5 Å². The molecule has 1 amide bonds. The van der Waals surface area contributed by atoms with Crippen molar-refractivity contribution in [2.24, 2.45) is 5.73 Å². The summed E-state index contributed by atoms with van der Waals surface area (Å²) in [5.74, 6) is 0. The number of hydrogen-bond donors (Lipinski definition) is 2. The van der Waals surface area contributed by atoms with Gasteiger partial charge in [0.15, 0.2) is 0 Å². The molecule has 1 rings (SSSR count). The zero-order valence-electron chi connectivity index (χ0n) is 12.2. The molecule has 0 aromatic rings. The van der Waals surface area contributed by atoms with Crippen molar-refractivity contribution in [2.45, 2.75) is 64.3 Å². The van der Waals surface area contributed by atoms with Crippen LogP contribution in [0.2, 0.25) is 0 Å². The van der Waals surface area contributed by atoms with Crippen LogP contribution in [0.25, 0.3) is 0 Å². The van der Waals surface area contributed by atoms with Crippen LogP contribution in [0, 0.1) is 0 Å². The first-order chi connectivity index (χ1) is 8.24. The highest BCUT2D eigenvalue weighted by Gasteiger charge is 2.33. The summed E-state index contributed by atoms with van der Waals surface area (Å²) in [6, 6.07) is 0.766. The smallest absolute Gasteiger partial charge is 0.407 e. The van der Waals surface area contributed by atoms with E-state index in [1.54, 1.807) is 0 Å². The zero-order chi connectivity index (χ0) is 13.9. The van der Waals surface area contributed by atoms with Crippen molar-refractivity contribution in [1.82, 2.24) is 10.2 Å². The summed E-state index contributed by atoms with van der Waals surface area (Å²) in [7, 11) is 2.07. The number of rotatable bonds is 5. The Labute approximate surface area is 110 Å². The van der Waals surface area contributed by atoms with Gasteiger partial charge in [-0.15, -0.1) is 0 Å². The van der Waals surface area contributed by atoms with Gasteiger partial charge in [-0.25, -0.2) is 4.79 Å². The molecule has 0 spiro atoms. The molecule has 0 bridgehead atoms. The minimum absolute atomic E-state index is 0.0181. The normalized spacial score (nSPS) is 19.5. The van der Waals surface area contributed by atoms with Gasteiger partial charge >= 0.3 is 6.09 Å². The van der Waals surface area contributed by atoms with E-state index in [0.29, 0.717) is 12.6 Å². The van der Waals surface area contributed by atoms with Gasteiger partial charge in [-0.3, -0.25) is 4.90 Å². The Bertz CT molecular complexity index is 284. The van der Waals surface area contributed by atoms with E-state index in [0.717, 1.165) is 0 Å². The minimum Gasteiger partial charge on any atom is -0.444 e. The van der Waals surface area contributed by atoms with Crippen molar-refractivity contribution in [2.75, 3.05) is 13.6 Å². The molecule has 1 aliphatic rings. The maximum atomic E-state index is 11.7. The molecule has 18 heavy (non-hydrogen) atoms. The molecule has 0 heterocycles. The lowest BCUT2D eigenvalue weighted by Gasteiger charge is -2.33. The molecule has 0 aromatic carbocycles. The lowest BCUT2D eigenvalue weighted by molar-refractivity contribution is 0.0476. The van der Waals surface area contributed by atoms with E-state index in [1.807, 2.05) is 27.7 Å². The topological polar surface area (TPSA) is 67.6 Å². The van der Waals surface area contributed by atoms with Crippen LogP contribution in [-0.2, 0) is 4.74 Å². The maximum absolute atomic E-state index is 11.7. The van der Waals surface area contributed by atoms with Crippen LogP contribution in [0.4, 0.5) is 4.79 Å². The standard InChI is InChI=1S/C13H27N3O2/c1-9(15-12(17)18-13(2,3)4)11(8-14)16(5)10-6-7-10/h9-11H,6-8,14H2,1-5H3,(H,15,17). The molecule has 3 N–H and O–H groups in total. The molecular formula is C13H27N3O2. The molecule has 5 nitrogen and oxygen atoms in total. The number of likely N-dealkylation sites (N-methyl/N-ethyl adjacent to an activating group) is 1. The van der Waals surface area contributed by atoms with Gasteiger partial charge in [-0.05, 0) is 47.6 Å². The highest BCUT2D eigenvalue weighted by atomic mass is 16.6. The quantitative estimate of drug-likeness (QED) is 0.779. The van der Waals surface area contributed by atoms with Crippen molar-refractivity contribution < 1.29 is 9.53 Å². The van der Waals surface area contributed by atoms with Crippen molar-refractivity contribution in [3.8, 4) is 0 Å². The lowest BCUT2D eigenvalue weighted by atomic mass is 10.1. The molecule has 2 atom stereocenters. The van der Waals surface area contributed by atoms with Gasteiger partial charge in [0.2, 0.25) is 0 Å². The molecular weight excluding hydrogens is 230 g/mol. The molecule has 2 unspecified atom stereocenters.